The Morgan fingerprint density at radius 3 is 2.71 bits per heavy atom. The lowest BCUT2D eigenvalue weighted by Crippen LogP contribution is -2.37. The number of nitrogens with zero attached hydrogens (tertiary/aromatic N) is 1. The summed E-state index contributed by atoms with van der Waals surface area (Å²) in [6.45, 7) is 13.2. The molecule has 0 bridgehead atoms. The van der Waals surface area contributed by atoms with Gasteiger partial charge >= 0.3 is 5.97 Å². The van der Waals surface area contributed by atoms with Gasteiger partial charge in [0.25, 0.3) is 0 Å². The van der Waals surface area contributed by atoms with Gasteiger partial charge in [0.1, 0.15) is 11.1 Å². The van der Waals surface area contributed by atoms with Gasteiger partial charge in [0.05, 0.1) is 17.6 Å². The van der Waals surface area contributed by atoms with Crippen molar-refractivity contribution in [2.45, 2.75) is 135 Å². The summed E-state index contributed by atoms with van der Waals surface area (Å²) in [6, 6.07) is 0. The number of thiazole rings is 1. The van der Waals surface area contributed by atoms with Crippen LogP contribution in [-0.4, -0.2) is 39.5 Å². The first kappa shape index (κ1) is 30.7. The fraction of sp³-hybridized carbons (Fsp3) is 0.714. The lowest BCUT2D eigenvalue weighted by atomic mass is 9.60. The van der Waals surface area contributed by atoms with E-state index in [0.29, 0.717) is 37.0 Å². The van der Waals surface area contributed by atoms with Gasteiger partial charge in [-0.25, -0.2) is 4.98 Å². The second-order valence-electron chi connectivity index (χ2n) is 13.9. The molecule has 0 unspecified atom stereocenters. The van der Waals surface area contributed by atoms with Crippen LogP contribution < -0.4 is 0 Å². The van der Waals surface area contributed by atoms with Gasteiger partial charge < -0.3 is 14.9 Å². The number of ether oxygens (including phenoxy) is 1. The summed E-state index contributed by atoms with van der Waals surface area (Å²) in [5.41, 5.74) is 4.55. The van der Waals surface area contributed by atoms with Gasteiger partial charge in [0.2, 0.25) is 0 Å². The van der Waals surface area contributed by atoms with E-state index in [1.165, 1.54) is 31.3 Å². The number of aromatic nitrogens is 1. The van der Waals surface area contributed by atoms with Gasteiger partial charge in [-0.2, -0.15) is 0 Å². The van der Waals surface area contributed by atoms with Crippen molar-refractivity contribution >= 4 is 17.3 Å². The first-order valence-electron chi connectivity index (χ1n) is 16.1. The van der Waals surface area contributed by atoms with Crippen LogP contribution in [0.2, 0.25) is 0 Å². The molecule has 1 heterocycles. The van der Waals surface area contributed by atoms with Crippen LogP contribution in [0.4, 0.5) is 0 Å². The maximum absolute atomic E-state index is 12.7. The lowest BCUT2D eigenvalue weighted by molar-refractivity contribution is -0.151. The van der Waals surface area contributed by atoms with E-state index in [1.54, 1.807) is 11.3 Å². The fourth-order valence-corrected chi connectivity index (χ4v) is 9.66. The number of fused-ring (bicyclic) bond motifs is 1. The summed E-state index contributed by atoms with van der Waals surface area (Å²) >= 11 is 1.73. The molecule has 0 aliphatic heterocycles. The number of allylic oxidation sites excluding steroid dienone is 3. The third-order valence-electron chi connectivity index (χ3n) is 11.1. The van der Waals surface area contributed by atoms with Crippen LogP contribution in [0.15, 0.2) is 40.8 Å². The molecule has 7 atom stereocenters. The minimum atomic E-state index is -0.642. The molecule has 0 saturated heterocycles. The summed E-state index contributed by atoms with van der Waals surface area (Å²) in [5.74, 6) is 1.74. The van der Waals surface area contributed by atoms with Crippen molar-refractivity contribution in [3.8, 4) is 0 Å². The van der Waals surface area contributed by atoms with E-state index in [1.807, 2.05) is 6.92 Å². The average molecular weight is 582 g/mol. The molecule has 0 aromatic carbocycles. The molecular weight excluding hydrogens is 530 g/mol. The Balaban J connectivity index is 1.28. The van der Waals surface area contributed by atoms with Crippen LogP contribution in [-0.2, 0) is 14.9 Å². The first-order valence-corrected chi connectivity index (χ1v) is 17.0. The second-order valence-corrected chi connectivity index (χ2v) is 14.8. The minimum Gasteiger partial charge on any atom is -0.461 e. The molecule has 0 amide bonds. The maximum atomic E-state index is 12.7. The van der Waals surface area contributed by atoms with E-state index in [2.05, 4.69) is 44.9 Å². The Labute approximate surface area is 251 Å². The molecule has 6 heteroatoms. The van der Waals surface area contributed by atoms with Crippen molar-refractivity contribution in [2.24, 2.45) is 23.2 Å². The summed E-state index contributed by atoms with van der Waals surface area (Å²) in [7, 11) is 0. The van der Waals surface area contributed by atoms with Crippen LogP contribution in [0.1, 0.15) is 115 Å². The average Bonchev–Trinajstić information content (AvgIpc) is 3.48. The predicted molar refractivity (Wildman–Crippen MR) is 166 cm³/mol. The highest BCUT2D eigenvalue weighted by Crippen LogP contribution is 2.60. The van der Waals surface area contributed by atoms with Crippen molar-refractivity contribution < 1.29 is 19.7 Å². The Bertz CT molecular complexity index is 1180. The van der Waals surface area contributed by atoms with Crippen molar-refractivity contribution in [3.05, 3.63) is 51.5 Å². The number of esters is 1. The molecule has 4 aliphatic carbocycles. The van der Waals surface area contributed by atoms with Gasteiger partial charge in [-0.1, -0.05) is 45.1 Å². The predicted octanol–water partition coefficient (Wildman–Crippen LogP) is 7.75. The summed E-state index contributed by atoms with van der Waals surface area (Å²) in [4.78, 5) is 17.5. The second kappa shape index (κ2) is 12.5. The Morgan fingerprint density at radius 1 is 1.24 bits per heavy atom. The van der Waals surface area contributed by atoms with E-state index in [0.717, 1.165) is 60.4 Å². The van der Waals surface area contributed by atoms with E-state index < -0.39 is 12.2 Å². The van der Waals surface area contributed by atoms with Crippen molar-refractivity contribution in [1.29, 1.82) is 0 Å². The fourth-order valence-electron chi connectivity index (χ4n) is 8.56. The maximum Gasteiger partial charge on any atom is 0.306 e. The Morgan fingerprint density at radius 2 is 2.02 bits per heavy atom. The quantitative estimate of drug-likeness (QED) is 0.276. The van der Waals surface area contributed by atoms with E-state index >= 15 is 0 Å². The van der Waals surface area contributed by atoms with Crippen LogP contribution in [0.25, 0.3) is 0 Å². The van der Waals surface area contributed by atoms with E-state index in [-0.39, 0.29) is 22.9 Å². The number of hydrogen-bond donors (Lipinski definition) is 2. The molecule has 0 radical (unpaired) electrons. The largest absolute Gasteiger partial charge is 0.461 e. The summed E-state index contributed by atoms with van der Waals surface area (Å²) < 4.78 is 6.23. The standard InChI is InChI=1S/C35H51NO4S/c1-6-8-32(39)40-31(35(17-18-35)33-36-23(3)21-41-33)15-10-22(2)28-13-14-29-25(9-7-16-34(28,29)5)11-12-26-19-27(37)20-30(38)24(26)4/h11-12,21-22,27-31,37-38H,4,6-10,13-20H2,1-3,5H3/t22-,27-,28-,29+,30+,31-,34-/m1/s1. The smallest absolute Gasteiger partial charge is 0.306 e. The Hall–Kier alpha value is -1.76. The van der Waals surface area contributed by atoms with Gasteiger partial charge in [0.15, 0.2) is 0 Å². The first-order chi connectivity index (χ1) is 19.6. The van der Waals surface area contributed by atoms with Gasteiger partial charge in [-0.05, 0) is 112 Å². The topological polar surface area (TPSA) is 79.7 Å². The lowest BCUT2D eigenvalue weighted by Gasteiger charge is -2.44. The highest BCUT2D eigenvalue weighted by atomic mass is 32.1. The van der Waals surface area contributed by atoms with Crippen LogP contribution in [0.3, 0.4) is 0 Å². The van der Waals surface area contributed by atoms with Crippen molar-refractivity contribution in [2.75, 3.05) is 0 Å². The number of carbonyl (C=O) groups is 1. The van der Waals surface area contributed by atoms with Gasteiger partial charge in [0, 0.05) is 23.9 Å². The molecule has 4 aliphatic rings. The number of rotatable bonds is 10. The number of aliphatic hydroxyl groups is 2. The third-order valence-corrected chi connectivity index (χ3v) is 12.2. The monoisotopic (exact) mass is 581 g/mol. The molecule has 41 heavy (non-hydrogen) atoms. The summed E-state index contributed by atoms with van der Waals surface area (Å²) in [5, 5.41) is 23.7. The molecule has 5 rings (SSSR count). The molecular formula is C35H51NO4S. The molecule has 226 valence electrons. The van der Waals surface area contributed by atoms with Gasteiger partial charge in [-0.15, -0.1) is 11.3 Å². The Kier molecular flexibility index (Phi) is 9.33. The molecule has 1 aromatic rings. The van der Waals surface area contributed by atoms with E-state index in [9.17, 15) is 15.0 Å². The number of aryl methyl sites for hydroxylation is 1. The zero-order valence-electron chi connectivity index (χ0n) is 25.7. The highest BCUT2D eigenvalue weighted by molar-refractivity contribution is 7.09. The molecule has 1 aromatic heterocycles. The molecule has 4 saturated carbocycles. The highest BCUT2D eigenvalue weighted by Gasteiger charge is 2.55. The van der Waals surface area contributed by atoms with Crippen molar-refractivity contribution in [1.82, 2.24) is 4.98 Å². The minimum absolute atomic E-state index is 0.0607. The van der Waals surface area contributed by atoms with Crippen LogP contribution in [0, 0.1) is 30.1 Å². The zero-order chi connectivity index (χ0) is 29.4. The zero-order valence-corrected chi connectivity index (χ0v) is 26.5. The number of carbonyl (C=O) groups excluding carboxylic acids is 1. The van der Waals surface area contributed by atoms with Crippen LogP contribution in [0.5, 0.6) is 0 Å². The summed E-state index contributed by atoms with van der Waals surface area (Å²) in [6.07, 6.45) is 15.7. The normalized spacial score (nSPS) is 34.4. The third kappa shape index (κ3) is 6.31. The van der Waals surface area contributed by atoms with Crippen LogP contribution >= 0.6 is 11.3 Å². The molecule has 0 spiro atoms. The van der Waals surface area contributed by atoms with Gasteiger partial charge in [-0.3, -0.25) is 4.79 Å². The van der Waals surface area contributed by atoms with Crippen molar-refractivity contribution in [3.63, 3.8) is 0 Å². The number of aliphatic hydroxyl groups excluding tert-OH is 2. The number of hydrogen-bond acceptors (Lipinski definition) is 6. The van der Waals surface area contributed by atoms with E-state index in [4.69, 9.17) is 9.72 Å². The molecule has 4 fully saturated rings. The molecule has 5 nitrogen and oxygen atoms in total. The SMILES string of the molecule is C=C1C(=CC=C2CCC[C@]3(C)[C@@H]([C@H](C)CC[C@@H](OC(=O)CCC)C4(c5nc(C)cs5)CC4)CC[C@@H]23)C[C@@H](O)C[C@@H]1O. The molecule has 2 N–H and O–H groups in total.